The first-order chi connectivity index (χ1) is 14.5. The van der Waals surface area contributed by atoms with Gasteiger partial charge in [-0.3, -0.25) is 9.69 Å². The zero-order valence-electron chi connectivity index (χ0n) is 16.9. The number of hydrogen-bond donors (Lipinski definition) is 1. The van der Waals surface area contributed by atoms with Crippen LogP contribution >= 0.6 is 15.9 Å². The van der Waals surface area contributed by atoms with Crippen LogP contribution < -0.4 is 19.5 Å². The zero-order chi connectivity index (χ0) is 21.3. The summed E-state index contributed by atoms with van der Waals surface area (Å²) in [6, 6.07) is 10.5. The third kappa shape index (κ3) is 3.39. The van der Waals surface area contributed by atoms with E-state index in [1.54, 1.807) is 0 Å². The number of para-hydroxylation sites is 1. The van der Waals surface area contributed by atoms with Gasteiger partial charge in [0.2, 0.25) is 0 Å². The van der Waals surface area contributed by atoms with Gasteiger partial charge in [0.05, 0.1) is 26.4 Å². The van der Waals surface area contributed by atoms with E-state index in [9.17, 15) is 9.59 Å². The van der Waals surface area contributed by atoms with E-state index in [4.69, 9.17) is 14.2 Å². The third-order valence-electron chi connectivity index (χ3n) is 5.30. The predicted molar refractivity (Wildman–Crippen MR) is 114 cm³/mol. The standard InChI is InChI=1S/C22H23BrN2O5/c1-3-28-18-11-14(16(23)12-19(18)29-4-2)13-25-20(26)22(24-21(25)27)9-10-30-17-8-6-5-7-15(17)22/h5-8,11-12H,3-4,9-10,13H2,1-2H3,(H,24,27)/t22-/m1/s1. The second-order valence-electron chi connectivity index (χ2n) is 7.08. The Kier molecular flexibility index (Phi) is 5.60. The Labute approximate surface area is 183 Å². The van der Waals surface area contributed by atoms with Gasteiger partial charge in [-0.05, 0) is 37.6 Å². The number of amides is 3. The van der Waals surface area contributed by atoms with Crippen molar-refractivity contribution < 1.29 is 23.8 Å². The first kappa shape index (κ1) is 20.5. The first-order valence-corrected chi connectivity index (χ1v) is 10.7. The lowest BCUT2D eigenvalue weighted by Crippen LogP contribution is -2.47. The molecule has 1 atom stereocenters. The molecule has 0 aliphatic carbocycles. The average Bonchev–Trinajstić information content (AvgIpc) is 2.96. The molecule has 0 saturated carbocycles. The highest BCUT2D eigenvalue weighted by Crippen LogP contribution is 2.42. The molecule has 2 aromatic rings. The molecule has 2 heterocycles. The van der Waals surface area contributed by atoms with Crippen LogP contribution in [0.2, 0.25) is 0 Å². The van der Waals surface area contributed by atoms with Crippen LogP contribution in [0.15, 0.2) is 40.9 Å². The van der Waals surface area contributed by atoms with Gasteiger partial charge in [0, 0.05) is 16.5 Å². The maximum Gasteiger partial charge on any atom is 0.325 e. The van der Waals surface area contributed by atoms with E-state index >= 15 is 0 Å². The van der Waals surface area contributed by atoms with Crippen molar-refractivity contribution in [1.82, 2.24) is 10.2 Å². The summed E-state index contributed by atoms with van der Waals surface area (Å²) in [5.74, 6) is 1.54. The Bertz CT molecular complexity index is 995. The number of urea groups is 1. The first-order valence-electron chi connectivity index (χ1n) is 9.94. The van der Waals surface area contributed by atoms with E-state index in [0.717, 1.165) is 10.0 Å². The Balaban J connectivity index is 1.66. The summed E-state index contributed by atoms with van der Waals surface area (Å²) < 4.78 is 17.8. The summed E-state index contributed by atoms with van der Waals surface area (Å²) in [6.45, 7) is 5.24. The quantitative estimate of drug-likeness (QED) is 0.640. The average molecular weight is 475 g/mol. The summed E-state index contributed by atoms with van der Waals surface area (Å²) in [5.41, 5.74) is 0.354. The van der Waals surface area contributed by atoms with E-state index in [0.29, 0.717) is 49.1 Å². The lowest BCUT2D eigenvalue weighted by molar-refractivity contribution is -0.133. The molecule has 1 N–H and O–H groups in total. The van der Waals surface area contributed by atoms with Gasteiger partial charge < -0.3 is 19.5 Å². The van der Waals surface area contributed by atoms with E-state index in [2.05, 4.69) is 21.2 Å². The van der Waals surface area contributed by atoms with Crippen molar-refractivity contribution in [3.63, 3.8) is 0 Å². The minimum absolute atomic E-state index is 0.114. The molecule has 2 aliphatic heterocycles. The molecular formula is C22H23BrN2O5. The van der Waals surface area contributed by atoms with Gasteiger partial charge >= 0.3 is 6.03 Å². The van der Waals surface area contributed by atoms with Crippen LogP contribution in [0.4, 0.5) is 4.79 Å². The Morgan fingerprint density at radius 2 is 1.83 bits per heavy atom. The number of carbonyl (C=O) groups is 2. The van der Waals surface area contributed by atoms with Gasteiger partial charge in [0.25, 0.3) is 5.91 Å². The highest BCUT2D eigenvalue weighted by Gasteiger charge is 2.54. The molecule has 4 rings (SSSR count). The molecule has 8 heteroatoms. The second kappa shape index (κ2) is 8.18. The Morgan fingerprint density at radius 1 is 1.13 bits per heavy atom. The minimum Gasteiger partial charge on any atom is -0.493 e. The van der Waals surface area contributed by atoms with Crippen molar-refractivity contribution in [1.29, 1.82) is 0 Å². The van der Waals surface area contributed by atoms with Gasteiger partial charge in [-0.25, -0.2) is 4.79 Å². The molecular weight excluding hydrogens is 452 g/mol. The SMILES string of the molecule is CCOc1cc(Br)c(CN2C(=O)N[C@@]3(CCOc4ccccc43)C2=O)cc1OCC. The van der Waals surface area contributed by atoms with Crippen molar-refractivity contribution in [3.8, 4) is 17.2 Å². The van der Waals surface area contributed by atoms with Crippen LogP contribution in [0.3, 0.4) is 0 Å². The highest BCUT2D eigenvalue weighted by molar-refractivity contribution is 9.10. The van der Waals surface area contributed by atoms with Gasteiger partial charge in [0.1, 0.15) is 5.75 Å². The van der Waals surface area contributed by atoms with Crippen molar-refractivity contribution in [2.45, 2.75) is 32.4 Å². The summed E-state index contributed by atoms with van der Waals surface area (Å²) in [4.78, 5) is 27.6. The zero-order valence-corrected chi connectivity index (χ0v) is 18.5. The number of carbonyl (C=O) groups excluding carboxylic acids is 2. The normalized spacial score (nSPS) is 20.0. The second-order valence-corrected chi connectivity index (χ2v) is 7.93. The number of ether oxygens (including phenoxy) is 3. The molecule has 1 saturated heterocycles. The predicted octanol–water partition coefficient (Wildman–Crippen LogP) is 3.98. The number of fused-ring (bicyclic) bond motifs is 2. The highest BCUT2D eigenvalue weighted by atomic mass is 79.9. The van der Waals surface area contributed by atoms with Crippen LogP contribution in [-0.2, 0) is 16.9 Å². The fourth-order valence-corrected chi connectivity index (χ4v) is 4.37. The molecule has 2 aliphatic rings. The van der Waals surface area contributed by atoms with Gasteiger partial charge in [-0.2, -0.15) is 0 Å². The molecule has 7 nitrogen and oxygen atoms in total. The van der Waals surface area contributed by atoms with Crippen LogP contribution in [0.5, 0.6) is 17.2 Å². The topological polar surface area (TPSA) is 77.1 Å². The van der Waals surface area contributed by atoms with Crippen molar-refractivity contribution in [2.24, 2.45) is 0 Å². The van der Waals surface area contributed by atoms with Crippen LogP contribution in [0, 0.1) is 0 Å². The number of halogens is 1. The molecule has 1 spiro atoms. The van der Waals surface area contributed by atoms with Gasteiger partial charge in [-0.15, -0.1) is 0 Å². The van der Waals surface area contributed by atoms with Crippen LogP contribution in [0.1, 0.15) is 31.4 Å². The summed E-state index contributed by atoms with van der Waals surface area (Å²) in [6.07, 6.45) is 0.389. The molecule has 0 bridgehead atoms. The molecule has 3 amide bonds. The third-order valence-corrected chi connectivity index (χ3v) is 6.04. The van der Waals surface area contributed by atoms with Crippen molar-refractivity contribution in [2.75, 3.05) is 19.8 Å². The number of hydrogen-bond acceptors (Lipinski definition) is 5. The maximum absolute atomic E-state index is 13.5. The van der Waals surface area contributed by atoms with Crippen molar-refractivity contribution >= 4 is 27.9 Å². The summed E-state index contributed by atoms with van der Waals surface area (Å²) >= 11 is 3.54. The number of benzene rings is 2. The molecule has 158 valence electrons. The fourth-order valence-electron chi connectivity index (χ4n) is 3.92. The van der Waals surface area contributed by atoms with E-state index in [1.165, 1.54) is 4.90 Å². The molecule has 0 unspecified atom stereocenters. The lowest BCUT2D eigenvalue weighted by Gasteiger charge is -2.33. The number of nitrogens with zero attached hydrogens (tertiary/aromatic N) is 1. The van der Waals surface area contributed by atoms with Gasteiger partial charge in [-0.1, -0.05) is 34.1 Å². The molecule has 0 radical (unpaired) electrons. The van der Waals surface area contributed by atoms with Crippen LogP contribution in [-0.4, -0.2) is 36.7 Å². The fraction of sp³-hybridized carbons (Fsp3) is 0.364. The maximum atomic E-state index is 13.5. The van der Waals surface area contributed by atoms with Gasteiger partial charge in [0.15, 0.2) is 17.0 Å². The number of rotatable bonds is 6. The van der Waals surface area contributed by atoms with E-state index < -0.39 is 11.6 Å². The lowest BCUT2D eigenvalue weighted by atomic mass is 9.84. The molecule has 30 heavy (non-hydrogen) atoms. The molecule has 2 aromatic carbocycles. The Hall–Kier alpha value is -2.74. The Morgan fingerprint density at radius 3 is 2.57 bits per heavy atom. The summed E-state index contributed by atoms with van der Waals surface area (Å²) in [7, 11) is 0. The number of nitrogens with one attached hydrogen (secondary N) is 1. The molecule has 1 fully saturated rings. The minimum atomic E-state index is -1.09. The summed E-state index contributed by atoms with van der Waals surface area (Å²) in [5, 5.41) is 2.92. The van der Waals surface area contributed by atoms with E-state index in [-0.39, 0.29) is 12.5 Å². The number of imide groups is 1. The van der Waals surface area contributed by atoms with Crippen molar-refractivity contribution in [3.05, 3.63) is 52.0 Å². The van der Waals surface area contributed by atoms with Crippen LogP contribution in [0.25, 0.3) is 0 Å². The monoisotopic (exact) mass is 474 g/mol. The van der Waals surface area contributed by atoms with E-state index in [1.807, 2.05) is 50.2 Å². The largest absolute Gasteiger partial charge is 0.493 e. The smallest absolute Gasteiger partial charge is 0.325 e. The molecule has 0 aromatic heterocycles.